The van der Waals surface area contributed by atoms with E-state index in [2.05, 4.69) is 31.2 Å². The maximum absolute atomic E-state index is 12.4. The van der Waals surface area contributed by atoms with Gasteiger partial charge in [-0.15, -0.1) is 0 Å². The van der Waals surface area contributed by atoms with Crippen LogP contribution in [0.1, 0.15) is 11.1 Å². The topological polar surface area (TPSA) is 70.6 Å². The minimum absolute atomic E-state index is 0.231. The van der Waals surface area contributed by atoms with E-state index in [1.54, 1.807) is 54.7 Å². The molecule has 3 rings (SSSR count). The molecule has 0 aliphatic heterocycles. The van der Waals surface area contributed by atoms with Crippen LogP contribution in [0.2, 0.25) is 0 Å². The maximum atomic E-state index is 12.4. The van der Waals surface area contributed by atoms with Crippen LogP contribution in [0.15, 0.2) is 87.3 Å². The van der Waals surface area contributed by atoms with Crippen LogP contribution >= 0.6 is 15.9 Å². The number of halogens is 1. The first-order valence-electron chi connectivity index (χ1n) is 8.17. The summed E-state index contributed by atoms with van der Waals surface area (Å²) in [4.78, 5) is 0.231. The van der Waals surface area contributed by atoms with Crippen molar-refractivity contribution in [3.63, 3.8) is 0 Å². The summed E-state index contributed by atoms with van der Waals surface area (Å²) in [5, 5.41) is 4.17. The molecule has 5 nitrogen and oxygen atoms in total. The minimum Gasteiger partial charge on any atom is -0.280 e. The first-order chi connectivity index (χ1) is 12.9. The maximum Gasteiger partial charge on any atom is 0.261 e. The van der Waals surface area contributed by atoms with Crippen LogP contribution in [0.25, 0.3) is 0 Å². The smallest absolute Gasteiger partial charge is 0.261 e. The molecule has 138 valence electrons. The molecule has 27 heavy (non-hydrogen) atoms. The van der Waals surface area contributed by atoms with E-state index in [0.29, 0.717) is 5.69 Å². The molecule has 0 aliphatic rings. The van der Waals surface area contributed by atoms with E-state index in [1.807, 2.05) is 31.2 Å². The Morgan fingerprint density at radius 3 is 2.07 bits per heavy atom. The number of rotatable bonds is 6. The van der Waals surface area contributed by atoms with Gasteiger partial charge in [-0.1, -0.05) is 45.8 Å². The number of hydrogen-bond donors (Lipinski definition) is 2. The minimum atomic E-state index is -3.60. The fourth-order valence-corrected chi connectivity index (χ4v) is 3.60. The quantitative estimate of drug-likeness (QED) is 0.415. The van der Waals surface area contributed by atoms with Gasteiger partial charge in [-0.3, -0.25) is 10.1 Å². The van der Waals surface area contributed by atoms with Gasteiger partial charge in [-0.2, -0.15) is 5.10 Å². The van der Waals surface area contributed by atoms with E-state index >= 15 is 0 Å². The molecule has 3 aromatic carbocycles. The molecule has 0 spiro atoms. The molecule has 7 heteroatoms. The third kappa shape index (κ3) is 5.42. The van der Waals surface area contributed by atoms with Crippen molar-refractivity contribution in [2.45, 2.75) is 11.8 Å². The van der Waals surface area contributed by atoms with Crippen molar-refractivity contribution in [2.75, 3.05) is 10.1 Å². The predicted octanol–water partition coefficient (Wildman–Crippen LogP) is 5.00. The van der Waals surface area contributed by atoms with Gasteiger partial charge in [0.2, 0.25) is 0 Å². The van der Waals surface area contributed by atoms with Gasteiger partial charge in [0.1, 0.15) is 0 Å². The second-order valence-corrected chi connectivity index (χ2v) is 8.52. The largest absolute Gasteiger partial charge is 0.280 e. The lowest BCUT2D eigenvalue weighted by atomic mass is 10.2. The summed E-state index contributed by atoms with van der Waals surface area (Å²) in [7, 11) is -3.60. The summed E-state index contributed by atoms with van der Waals surface area (Å²) in [5.74, 6) is 0. The lowest BCUT2D eigenvalue weighted by Gasteiger charge is -2.09. The zero-order chi connectivity index (χ0) is 19.3. The van der Waals surface area contributed by atoms with Crippen LogP contribution < -0.4 is 10.1 Å². The van der Waals surface area contributed by atoms with Gasteiger partial charge < -0.3 is 0 Å². The Morgan fingerprint density at radius 1 is 0.852 bits per heavy atom. The zero-order valence-corrected chi connectivity index (χ0v) is 17.0. The Balaban J connectivity index is 1.63. The van der Waals surface area contributed by atoms with E-state index in [1.165, 1.54) is 0 Å². The lowest BCUT2D eigenvalue weighted by molar-refractivity contribution is 0.601. The predicted molar refractivity (Wildman–Crippen MR) is 114 cm³/mol. The van der Waals surface area contributed by atoms with Crippen molar-refractivity contribution in [3.8, 4) is 0 Å². The lowest BCUT2D eigenvalue weighted by Crippen LogP contribution is -2.12. The van der Waals surface area contributed by atoms with Crippen LogP contribution in [-0.4, -0.2) is 14.6 Å². The fourth-order valence-electron chi connectivity index (χ4n) is 2.27. The number of nitrogens with zero attached hydrogens (tertiary/aromatic N) is 1. The average molecular weight is 444 g/mol. The highest BCUT2D eigenvalue weighted by atomic mass is 79.9. The summed E-state index contributed by atoms with van der Waals surface area (Å²) in [6.07, 6.45) is 1.71. The van der Waals surface area contributed by atoms with E-state index in [9.17, 15) is 8.42 Å². The number of sulfonamides is 1. The van der Waals surface area contributed by atoms with Gasteiger partial charge in [0.05, 0.1) is 16.8 Å². The first kappa shape index (κ1) is 19.1. The zero-order valence-electron chi connectivity index (χ0n) is 14.6. The molecule has 0 radical (unpaired) electrons. The van der Waals surface area contributed by atoms with Gasteiger partial charge in [0.15, 0.2) is 0 Å². The molecule has 0 bridgehead atoms. The summed E-state index contributed by atoms with van der Waals surface area (Å²) < 4.78 is 28.4. The number of benzene rings is 3. The number of aryl methyl sites for hydroxylation is 1. The van der Waals surface area contributed by atoms with Gasteiger partial charge in [0, 0.05) is 10.2 Å². The number of hydrogen-bond acceptors (Lipinski definition) is 4. The SMILES string of the molecule is Cc1ccc(S(=O)(=O)Nc2ccc(N/N=C/c3ccc(Br)cc3)cc2)cc1. The normalized spacial score (nSPS) is 11.5. The molecule has 0 heterocycles. The van der Waals surface area contributed by atoms with Gasteiger partial charge in [-0.05, 0) is 61.0 Å². The first-order valence-corrected chi connectivity index (χ1v) is 10.4. The second-order valence-electron chi connectivity index (χ2n) is 5.92. The molecular weight excluding hydrogens is 426 g/mol. The second kappa shape index (κ2) is 8.37. The van der Waals surface area contributed by atoms with E-state index in [4.69, 9.17) is 0 Å². The van der Waals surface area contributed by atoms with Crippen LogP contribution in [0.3, 0.4) is 0 Å². The number of hydrazone groups is 1. The Kier molecular flexibility index (Phi) is 5.93. The fraction of sp³-hybridized carbons (Fsp3) is 0.0500. The van der Waals surface area contributed by atoms with Crippen molar-refractivity contribution in [2.24, 2.45) is 5.10 Å². The highest BCUT2D eigenvalue weighted by molar-refractivity contribution is 9.10. The monoisotopic (exact) mass is 443 g/mol. The number of anilines is 2. The molecule has 0 saturated carbocycles. The molecule has 0 fully saturated rings. The summed E-state index contributed by atoms with van der Waals surface area (Å²) >= 11 is 3.39. The molecule has 0 amide bonds. The third-order valence-electron chi connectivity index (χ3n) is 3.75. The third-order valence-corrected chi connectivity index (χ3v) is 5.67. The van der Waals surface area contributed by atoms with Crippen LogP contribution in [0.4, 0.5) is 11.4 Å². The number of nitrogens with one attached hydrogen (secondary N) is 2. The Bertz CT molecular complexity index is 1030. The van der Waals surface area contributed by atoms with E-state index < -0.39 is 10.0 Å². The molecule has 0 atom stereocenters. The van der Waals surface area contributed by atoms with Crippen molar-refractivity contribution >= 4 is 43.5 Å². The molecule has 0 aromatic heterocycles. The highest BCUT2D eigenvalue weighted by Gasteiger charge is 2.13. The summed E-state index contributed by atoms with van der Waals surface area (Å²) in [5.41, 5.74) is 6.13. The van der Waals surface area contributed by atoms with E-state index in [0.717, 1.165) is 21.3 Å². The van der Waals surface area contributed by atoms with Crippen molar-refractivity contribution in [3.05, 3.63) is 88.4 Å². The van der Waals surface area contributed by atoms with Crippen LogP contribution in [0.5, 0.6) is 0 Å². The van der Waals surface area contributed by atoms with Gasteiger partial charge in [0.25, 0.3) is 10.0 Å². The average Bonchev–Trinajstić information content (AvgIpc) is 2.65. The Labute approximate surface area is 167 Å². The standard InChI is InChI=1S/C20H18BrN3O2S/c1-15-2-12-20(13-3-15)27(25,26)24-19-10-8-18(9-11-19)23-22-14-16-4-6-17(21)7-5-16/h2-14,23-24H,1H3/b22-14+. The highest BCUT2D eigenvalue weighted by Crippen LogP contribution is 2.19. The van der Waals surface area contributed by atoms with Crippen molar-refractivity contribution in [1.29, 1.82) is 0 Å². The van der Waals surface area contributed by atoms with Gasteiger partial charge >= 0.3 is 0 Å². The molecule has 0 unspecified atom stereocenters. The Hall–Kier alpha value is -2.64. The summed E-state index contributed by atoms with van der Waals surface area (Å²) in [6, 6.07) is 21.4. The van der Waals surface area contributed by atoms with Gasteiger partial charge in [-0.25, -0.2) is 8.42 Å². The van der Waals surface area contributed by atoms with Crippen molar-refractivity contribution in [1.82, 2.24) is 0 Å². The Morgan fingerprint density at radius 2 is 1.44 bits per heavy atom. The molecular formula is C20H18BrN3O2S. The van der Waals surface area contributed by atoms with Crippen LogP contribution in [0, 0.1) is 6.92 Å². The molecule has 0 saturated heterocycles. The molecule has 2 N–H and O–H groups in total. The molecule has 0 aliphatic carbocycles. The molecule has 3 aromatic rings. The summed E-state index contributed by atoms with van der Waals surface area (Å²) in [6.45, 7) is 1.91. The van der Waals surface area contributed by atoms with Crippen molar-refractivity contribution < 1.29 is 8.42 Å². The van der Waals surface area contributed by atoms with E-state index in [-0.39, 0.29) is 4.90 Å². The van der Waals surface area contributed by atoms with Crippen LogP contribution in [-0.2, 0) is 10.0 Å².